The summed E-state index contributed by atoms with van der Waals surface area (Å²) in [6.07, 6.45) is 0. The molecular weight excluding hydrogens is 380 g/mol. The van der Waals surface area contributed by atoms with Crippen LogP contribution in [-0.2, 0) is 0 Å². The Morgan fingerprint density at radius 3 is 2.33 bits per heavy atom. The van der Waals surface area contributed by atoms with Gasteiger partial charge in [0.15, 0.2) is 0 Å². The predicted molar refractivity (Wildman–Crippen MR) is 86.5 cm³/mol. The second-order valence-electron chi connectivity index (χ2n) is 3.92. The van der Waals surface area contributed by atoms with E-state index in [-0.39, 0.29) is 6.04 Å². The maximum Gasteiger partial charge on any atom is 0.0643 e. The highest BCUT2D eigenvalue weighted by atomic mass is 127. The third kappa shape index (κ3) is 2.99. The Bertz CT molecular complexity index is 540. The van der Waals surface area contributed by atoms with Gasteiger partial charge in [-0.15, -0.1) is 0 Å². The lowest BCUT2D eigenvalue weighted by Crippen LogP contribution is -2.18. The number of hydrogen-bond donors (Lipinski definition) is 1. The van der Waals surface area contributed by atoms with E-state index < -0.39 is 0 Å². The minimum atomic E-state index is 0.0493. The summed E-state index contributed by atoms with van der Waals surface area (Å²) in [6, 6.07) is 14.1. The van der Waals surface area contributed by atoms with Crippen LogP contribution in [0.4, 0.5) is 0 Å². The zero-order valence-electron chi connectivity index (χ0n) is 9.75. The smallest absolute Gasteiger partial charge is 0.0643 e. The Morgan fingerprint density at radius 1 is 1.06 bits per heavy atom. The molecule has 0 aliphatic rings. The molecule has 0 aliphatic carbocycles. The highest BCUT2D eigenvalue weighted by molar-refractivity contribution is 14.1. The van der Waals surface area contributed by atoms with E-state index in [1.807, 2.05) is 19.2 Å². The summed E-state index contributed by atoms with van der Waals surface area (Å²) in [4.78, 5) is 0. The van der Waals surface area contributed by atoms with Gasteiger partial charge in [0.1, 0.15) is 0 Å². The van der Waals surface area contributed by atoms with Crippen LogP contribution in [0.2, 0.25) is 10.0 Å². The minimum Gasteiger partial charge on any atom is -0.309 e. The van der Waals surface area contributed by atoms with Gasteiger partial charge in [0.05, 0.1) is 16.1 Å². The highest BCUT2D eigenvalue weighted by Crippen LogP contribution is 2.33. The van der Waals surface area contributed by atoms with Crippen molar-refractivity contribution in [2.75, 3.05) is 7.05 Å². The molecule has 18 heavy (non-hydrogen) atoms. The summed E-state index contributed by atoms with van der Waals surface area (Å²) in [7, 11) is 1.92. The standard InChI is InChI=1S/C14H12Cl2IN/c1-18-14(9-5-7-10(17)8-6-9)11-3-2-4-12(15)13(11)16/h2-8,14,18H,1H3. The van der Waals surface area contributed by atoms with E-state index in [0.29, 0.717) is 10.0 Å². The van der Waals surface area contributed by atoms with E-state index in [2.05, 4.69) is 52.2 Å². The summed E-state index contributed by atoms with van der Waals surface area (Å²) in [5.41, 5.74) is 2.16. The van der Waals surface area contributed by atoms with Crippen LogP contribution in [0.5, 0.6) is 0 Å². The molecule has 1 atom stereocenters. The molecule has 4 heteroatoms. The lowest BCUT2D eigenvalue weighted by molar-refractivity contribution is 0.692. The normalized spacial score (nSPS) is 12.4. The maximum atomic E-state index is 6.27. The second-order valence-corrected chi connectivity index (χ2v) is 5.95. The number of halogens is 3. The zero-order valence-corrected chi connectivity index (χ0v) is 13.4. The van der Waals surface area contributed by atoms with Crippen LogP contribution in [0.1, 0.15) is 17.2 Å². The fraction of sp³-hybridized carbons (Fsp3) is 0.143. The van der Waals surface area contributed by atoms with Crippen molar-refractivity contribution in [1.29, 1.82) is 0 Å². The zero-order chi connectivity index (χ0) is 13.1. The molecule has 0 saturated heterocycles. The lowest BCUT2D eigenvalue weighted by Gasteiger charge is -2.19. The van der Waals surface area contributed by atoms with Gasteiger partial charge in [-0.2, -0.15) is 0 Å². The molecule has 1 N–H and O–H groups in total. The maximum absolute atomic E-state index is 6.27. The molecule has 0 saturated carbocycles. The monoisotopic (exact) mass is 391 g/mol. The first-order chi connectivity index (χ1) is 8.63. The van der Waals surface area contributed by atoms with Crippen molar-refractivity contribution >= 4 is 45.8 Å². The quantitative estimate of drug-likeness (QED) is 0.733. The highest BCUT2D eigenvalue weighted by Gasteiger charge is 2.16. The molecule has 0 aliphatic heterocycles. The second kappa shape index (κ2) is 6.24. The van der Waals surface area contributed by atoms with Crippen LogP contribution in [0.15, 0.2) is 42.5 Å². The van der Waals surface area contributed by atoms with Crippen LogP contribution < -0.4 is 5.32 Å². The van der Waals surface area contributed by atoms with Crippen LogP contribution in [-0.4, -0.2) is 7.05 Å². The van der Waals surface area contributed by atoms with E-state index in [0.717, 1.165) is 5.56 Å². The molecule has 1 unspecified atom stereocenters. The van der Waals surface area contributed by atoms with Gasteiger partial charge in [-0.1, -0.05) is 47.5 Å². The Kier molecular flexibility index (Phi) is 4.90. The topological polar surface area (TPSA) is 12.0 Å². The Morgan fingerprint density at radius 2 is 1.72 bits per heavy atom. The van der Waals surface area contributed by atoms with Crippen LogP contribution >= 0.6 is 45.8 Å². The molecule has 0 bridgehead atoms. The fourth-order valence-electron chi connectivity index (χ4n) is 1.90. The van der Waals surface area contributed by atoms with Crippen molar-refractivity contribution < 1.29 is 0 Å². The van der Waals surface area contributed by atoms with Crippen LogP contribution in [0, 0.1) is 3.57 Å². The van der Waals surface area contributed by atoms with E-state index in [1.165, 1.54) is 9.13 Å². The largest absolute Gasteiger partial charge is 0.309 e. The van der Waals surface area contributed by atoms with E-state index >= 15 is 0 Å². The first-order valence-electron chi connectivity index (χ1n) is 5.50. The molecule has 2 rings (SSSR count). The SMILES string of the molecule is CNC(c1ccc(I)cc1)c1cccc(Cl)c1Cl. The summed E-state index contributed by atoms with van der Waals surface area (Å²) < 4.78 is 1.21. The van der Waals surface area contributed by atoms with Gasteiger partial charge in [-0.3, -0.25) is 0 Å². The third-order valence-electron chi connectivity index (χ3n) is 2.78. The van der Waals surface area contributed by atoms with Gasteiger partial charge < -0.3 is 5.32 Å². The summed E-state index contributed by atoms with van der Waals surface area (Å²) in [5, 5.41) is 4.47. The molecule has 0 radical (unpaired) electrons. The molecule has 1 nitrogen and oxygen atoms in total. The average Bonchev–Trinajstić information content (AvgIpc) is 2.37. The van der Waals surface area contributed by atoms with Crippen LogP contribution in [0.3, 0.4) is 0 Å². The molecule has 0 amide bonds. The molecule has 2 aromatic rings. The molecule has 0 fully saturated rings. The van der Waals surface area contributed by atoms with Gasteiger partial charge >= 0.3 is 0 Å². The van der Waals surface area contributed by atoms with E-state index in [1.54, 1.807) is 6.07 Å². The minimum absolute atomic E-state index is 0.0493. The number of nitrogens with one attached hydrogen (secondary N) is 1. The van der Waals surface area contributed by atoms with Crippen molar-refractivity contribution in [3.8, 4) is 0 Å². The number of rotatable bonds is 3. The van der Waals surface area contributed by atoms with Gasteiger partial charge in [0.2, 0.25) is 0 Å². The molecule has 94 valence electrons. The number of hydrogen-bond acceptors (Lipinski definition) is 1. The molecule has 2 aromatic carbocycles. The predicted octanol–water partition coefficient (Wildman–Crippen LogP) is 4.91. The van der Waals surface area contributed by atoms with Crippen molar-refractivity contribution in [3.63, 3.8) is 0 Å². The van der Waals surface area contributed by atoms with Crippen LogP contribution in [0.25, 0.3) is 0 Å². The summed E-state index contributed by atoms with van der Waals surface area (Å²) in [5.74, 6) is 0. The molecule has 0 heterocycles. The Hall–Kier alpha value is -0.290. The van der Waals surface area contributed by atoms with Gasteiger partial charge in [-0.05, 0) is 59.0 Å². The summed E-state index contributed by atoms with van der Waals surface area (Å²) in [6.45, 7) is 0. The molecule has 0 spiro atoms. The lowest BCUT2D eigenvalue weighted by atomic mass is 9.99. The molecular formula is C14H12Cl2IN. The first-order valence-corrected chi connectivity index (χ1v) is 7.33. The molecule has 0 aromatic heterocycles. The van der Waals surface area contributed by atoms with Crippen molar-refractivity contribution in [1.82, 2.24) is 5.32 Å². The van der Waals surface area contributed by atoms with Gasteiger partial charge in [-0.25, -0.2) is 0 Å². The first kappa shape index (κ1) is 14.1. The Labute approximate surface area is 131 Å². The Balaban J connectivity index is 2.45. The van der Waals surface area contributed by atoms with E-state index in [9.17, 15) is 0 Å². The average molecular weight is 392 g/mol. The van der Waals surface area contributed by atoms with Gasteiger partial charge in [0.25, 0.3) is 0 Å². The number of benzene rings is 2. The summed E-state index contributed by atoms with van der Waals surface area (Å²) >= 11 is 14.6. The van der Waals surface area contributed by atoms with Crippen molar-refractivity contribution in [2.45, 2.75) is 6.04 Å². The van der Waals surface area contributed by atoms with Crippen molar-refractivity contribution in [3.05, 3.63) is 67.2 Å². The fourth-order valence-corrected chi connectivity index (χ4v) is 2.68. The van der Waals surface area contributed by atoms with E-state index in [4.69, 9.17) is 23.2 Å². The van der Waals surface area contributed by atoms with Crippen molar-refractivity contribution in [2.24, 2.45) is 0 Å². The van der Waals surface area contributed by atoms with Gasteiger partial charge in [0, 0.05) is 3.57 Å². The third-order valence-corrected chi connectivity index (χ3v) is 4.34.